The Balaban J connectivity index is 2.12. The Kier molecular flexibility index (Phi) is 1.80. The Morgan fingerprint density at radius 2 is 2.19 bits per heavy atom. The first-order chi connectivity index (χ1) is 7.67. The predicted molar refractivity (Wildman–Crippen MR) is 58.3 cm³/mol. The maximum absolute atomic E-state index is 5.62. The lowest BCUT2D eigenvalue weighted by atomic mass is 9.86. The van der Waals surface area contributed by atoms with E-state index in [-0.39, 0.29) is 5.41 Å². The maximum Gasteiger partial charge on any atom is 0.247 e. The molecule has 0 atom stereocenters. The molecule has 0 bridgehead atoms. The van der Waals surface area contributed by atoms with Gasteiger partial charge in [0.25, 0.3) is 0 Å². The number of aromatic nitrogens is 2. The summed E-state index contributed by atoms with van der Waals surface area (Å²) in [6, 6.07) is 5.97. The van der Waals surface area contributed by atoms with Crippen LogP contribution >= 0.6 is 0 Å². The van der Waals surface area contributed by atoms with Gasteiger partial charge in [-0.1, -0.05) is 13.8 Å². The minimum Gasteiger partial charge on any atom is -0.492 e. The zero-order valence-corrected chi connectivity index (χ0v) is 9.23. The molecule has 0 spiro atoms. The fraction of sp³-hybridized carbons (Fsp3) is 0.333. The first-order valence-electron chi connectivity index (χ1n) is 5.21. The molecule has 0 amide bonds. The van der Waals surface area contributed by atoms with E-state index < -0.39 is 0 Å². The average Bonchev–Trinajstić information content (AvgIpc) is 2.87. The molecule has 0 saturated heterocycles. The molecule has 1 aliphatic rings. The Bertz CT molecular complexity index is 518. The van der Waals surface area contributed by atoms with Crippen LogP contribution in [-0.4, -0.2) is 16.8 Å². The standard InChI is InChI=1S/C12H12N2O2/c1-12(2)6-15-10-4-3-8(5-9(10)12)11-14-13-7-16-11/h3-5,7H,6H2,1-2H3. The van der Waals surface area contributed by atoms with Crippen LogP contribution in [0.4, 0.5) is 0 Å². The smallest absolute Gasteiger partial charge is 0.247 e. The van der Waals surface area contributed by atoms with Crippen LogP contribution < -0.4 is 4.74 Å². The largest absolute Gasteiger partial charge is 0.492 e. The molecule has 2 aromatic rings. The third-order valence-electron chi connectivity index (χ3n) is 2.90. The van der Waals surface area contributed by atoms with Gasteiger partial charge in [-0.05, 0) is 18.2 Å². The molecule has 1 aromatic heterocycles. The molecule has 82 valence electrons. The van der Waals surface area contributed by atoms with Crippen LogP contribution in [0.25, 0.3) is 11.5 Å². The molecule has 1 aliphatic heterocycles. The molecule has 3 rings (SSSR count). The van der Waals surface area contributed by atoms with Gasteiger partial charge in [0.05, 0.1) is 6.61 Å². The van der Waals surface area contributed by atoms with Gasteiger partial charge < -0.3 is 9.15 Å². The van der Waals surface area contributed by atoms with Crippen molar-refractivity contribution in [2.45, 2.75) is 19.3 Å². The van der Waals surface area contributed by atoms with Gasteiger partial charge in [-0.2, -0.15) is 0 Å². The highest BCUT2D eigenvalue weighted by molar-refractivity contribution is 5.59. The van der Waals surface area contributed by atoms with E-state index in [1.54, 1.807) is 0 Å². The Labute approximate surface area is 93.3 Å². The summed E-state index contributed by atoms with van der Waals surface area (Å²) in [4.78, 5) is 0. The molecule has 0 radical (unpaired) electrons. The summed E-state index contributed by atoms with van der Waals surface area (Å²) >= 11 is 0. The van der Waals surface area contributed by atoms with Crippen molar-refractivity contribution in [1.29, 1.82) is 0 Å². The number of ether oxygens (including phenoxy) is 1. The van der Waals surface area contributed by atoms with Crippen molar-refractivity contribution in [3.63, 3.8) is 0 Å². The fourth-order valence-corrected chi connectivity index (χ4v) is 1.95. The van der Waals surface area contributed by atoms with Gasteiger partial charge in [0.2, 0.25) is 12.3 Å². The highest BCUT2D eigenvalue weighted by Crippen LogP contribution is 2.40. The minimum absolute atomic E-state index is 0.0470. The summed E-state index contributed by atoms with van der Waals surface area (Å²) in [5, 5.41) is 7.58. The molecular weight excluding hydrogens is 204 g/mol. The number of hydrogen-bond donors (Lipinski definition) is 0. The van der Waals surface area contributed by atoms with Crippen LogP contribution in [0.2, 0.25) is 0 Å². The number of fused-ring (bicyclic) bond motifs is 1. The summed E-state index contributed by atoms with van der Waals surface area (Å²) in [6.45, 7) is 5.04. The van der Waals surface area contributed by atoms with E-state index >= 15 is 0 Å². The van der Waals surface area contributed by atoms with E-state index in [1.165, 1.54) is 12.0 Å². The van der Waals surface area contributed by atoms with Crippen molar-refractivity contribution in [2.24, 2.45) is 0 Å². The van der Waals surface area contributed by atoms with Gasteiger partial charge in [-0.25, -0.2) is 0 Å². The van der Waals surface area contributed by atoms with Crippen LogP contribution in [-0.2, 0) is 5.41 Å². The SMILES string of the molecule is CC1(C)COc2ccc(-c3nnco3)cc21. The van der Waals surface area contributed by atoms with E-state index in [4.69, 9.17) is 9.15 Å². The number of hydrogen-bond acceptors (Lipinski definition) is 4. The van der Waals surface area contributed by atoms with Gasteiger partial charge >= 0.3 is 0 Å². The zero-order chi connectivity index (χ0) is 11.2. The predicted octanol–water partition coefficient (Wildman–Crippen LogP) is 2.41. The van der Waals surface area contributed by atoms with E-state index in [9.17, 15) is 0 Å². The van der Waals surface area contributed by atoms with Gasteiger partial charge in [0.1, 0.15) is 5.75 Å². The molecule has 0 unspecified atom stereocenters. The lowest BCUT2D eigenvalue weighted by Gasteiger charge is -2.15. The fourth-order valence-electron chi connectivity index (χ4n) is 1.95. The van der Waals surface area contributed by atoms with Crippen LogP contribution in [0.3, 0.4) is 0 Å². The van der Waals surface area contributed by atoms with Crippen molar-refractivity contribution < 1.29 is 9.15 Å². The minimum atomic E-state index is 0.0470. The highest BCUT2D eigenvalue weighted by Gasteiger charge is 2.32. The lowest BCUT2D eigenvalue weighted by Crippen LogP contribution is -2.18. The lowest BCUT2D eigenvalue weighted by molar-refractivity contribution is 0.291. The molecule has 4 heteroatoms. The number of benzene rings is 1. The second-order valence-electron chi connectivity index (χ2n) is 4.63. The average molecular weight is 216 g/mol. The van der Waals surface area contributed by atoms with E-state index in [1.807, 2.05) is 12.1 Å². The highest BCUT2D eigenvalue weighted by atomic mass is 16.5. The first kappa shape index (κ1) is 9.39. The summed E-state index contributed by atoms with van der Waals surface area (Å²) in [5.74, 6) is 1.50. The molecular formula is C12H12N2O2. The van der Waals surface area contributed by atoms with E-state index in [2.05, 4.69) is 30.1 Å². The normalized spacial score (nSPS) is 16.9. The number of rotatable bonds is 1. The van der Waals surface area contributed by atoms with Crippen LogP contribution in [0.1, 0.15) is 19.4 Å². The van der Waals surface area contributed by atoms with Gasteiger partial charge in [0, 0.05) is 16.5 Å². The van der Waals surface area contributed by atoms with Crippen molar-refractivity contribution in [3.05, 3.63) is 30.2 Å². The van der Waals surface area contributed by atoms with Crippen LogP contribution in [0.5, 0.6) is 5.75 Å². The topological polar surface area (TPSA) is 48.2 Å². The Morgan fingerprint density at radius 3 is 2.94 bits per heavy atom. The summed E-state index contributed by atoms with van der Waals surface area (Å²) in [7, 11) is 0. The first-order valence-corrected chi connectivity index (χ1v) is 5.21. The zero-order valence-electron chi connectivity index (χ0n) is 9.23. The van der Waals surface area contributed by atoms with Crippen molar-refractivity contribution in [2.75, 3.05) is 6.61 Å². The monoisotopic (exact) mass is 216 g/mol. The Hall–Kier alpha value is -1.84. The maximum atomic E-state index is 5.62. The summed E-state index contributed by atoms with van der Waals surface area (Å²) in [5.41, 5.74) is 2.18. The molecule has 0 saturated carbocycles. The molecule has 4 nitrogen and oxygen atoms in total. The van der Waals surface area contributed by atoms with E-state index in [0.29, 0.717) is 5.89 Å². The second kappa shape index (κ2) is 3.07. The molecule has 1 aromatic carbocycles. The van der Waals surface area contributed by atoms with Crippen LogP contribution in [0, 0.1) is 0 Å². The van der Waals surface area contributed by atoms with Crippen molar-refractivity contribution >= 4 is 0 Å². The Morgan fingerprint density at radius 1 is 1.31 bits per heavy atom. The van der Waals surface area contributed by atoms with E-state index in [0.717, 1.165) is 17.9 Å². The molecule has 0 fully saturated rings. The van der Waals surface area contributed by atoms with Crippen molar-refractivity contribution in [3.8, 4) is 17.2 Å². The third kappa shape index (κ3) is 1.30. The summed E-state index contributed by atoms with van der Waals surface area (Å²) < 4.78 is 10.8. The summed E-state index contributed by atoms with van der Waals surface area (Å²) in [6.07, 6.45) is 1.34. The molecule has 2 heterocycles. The molecule has 0 N–H and O–H groups in total. The molecule has 0 aliphatic carbocycles. The van der Waals surface area contributed by atoms with Gasteiger partial charge in [-0.3, -0.25) is 0 Å². The van der Waals surface area contributed by atoms with Crippen LogP contribution in [0.15, 0.2) is 29.0 Å². The van der Waals surface area contributed by atoms with Crippen molar-refractivity contribution in [1.82, 2.24) is 10.2 Å². The second-order valence-corrected chi connectivity index (χ2v) is 4.63. The quantitative estimate of drug-likeness (QED) is 0.734. The third-order valence-corrected chi connectivity index (χ3v) is 2.90. The van der Waals surface area contributed by atoms with Gasteiger partial charge in [0.15, 0.2) is 0 Å². The molecule has 16 heavy (non-hydrogen) atoms. The number of nitrogens with zero attached hydrogens (tertiary/aromatic N) is 2. The van der Waals surface area contributed by atoms with Gasteiger partial charge in [-0.15, -0.1) is 10.2 Å².